The van der Waals surface area contributed by atoms with Gasteiger partial charge in [-0.1, -0.05) is 35.9 Å². The molecule has 0 radical (unpaired) electrons. The molecule has 1 aromatic heterocycles. The number of aryl methyl sites for hydroxylation is 1. The summed E-state index contributed by atoms with van der Waals surface area (Å²) >= 11 is 1.67. The van der Waals surface area contributed by atoms with Gasteiger partial charge in [0.15, 0.2) is 5.69 Å². The van der Waals surface area contributed by atoms with E-state index in [1.165, 1.54) is 24.5 Å². The number of benzene rings is 3. The van der Waals surface area contributed by atoms with Crippen molar-refractivity contribution in [3.63, 3.8) is 0 Å². The third-order valence-corrected chi connectivity index (χ3v) is 6.68. The number of hydrogen-bond acceptors (Lipinski definition) is 7. The Bertz CT molecular complexity index is 1380. The summed E-state index contributed by atoms with van der Waals surface area (Å²) in [7, 11) is 4.15. The molecule has 0 spiro atoms. The minimum atomic E-state index is -0.693. The molecule has 36 heavy (non-hydrogen) atoms. The lowest BCUT2D eigenvalue weighted by atomic mass is 10.0. The van der Waals surface area contributed by atoms with Crippen molar-refractivity contribution in [2.24, 2.45) is 0 Å². The summed E-state index contributed by atoms with van der Waals surface area (Å²) in [5, 5.41) is 4.68. The average Bonchev–Trinajstić information content (AvgIpc) is 3.33. The number of carbonyl (C=O) groups excluding carboxylic acids is 2. The molecular formula is C28H26N2O5S. The molecule has 8 heteroatoms. The fourth-order valence-electron chi connectivity index (χ4n) is 3.79. The Hall–Kier alpha value is -4.04. The molecule has 0 N–H and O–H groups in total. The number of carbonyl (C=O) groups is 2. The fourth-order valence-corrected chi connectivity index (χ4v) is 4.67. The topological polar surface area (TPSA) is 79.7 Å². The standard InChI is InChI=1S/C28H26N2O5S/c1-18-10-13-22(14-11-18)36-17-20-16-19(12-15-23(20)33-2)25-24(27(31)34-3)26(28(32)35-4)30(29-25)21-8-6-5-7-9-21/h5-16H,17H2,1-4H3. The van der Waals surface area contributed by atoms with Crippen LogP contribution in [0.2, 0.25) is 0 Å². The van der Waals surface area contributed by atoms with Gasteiger partial charge in [0.25, 0.3) is 0 Å². The maximum Gasteiger partial charge on any atom is 0.357 e. The zero-order valence-corrected chi connectivity index (χ0v) is 21.3. The van der Waals surface area contributed by atoms with Crippen molar-refractivity contribution in [1.82, 2.24) is 9.78 Å². The SMILES string of the molecule is COC(=O)c1c(-c2ccc(OC)c(CSc3ccc(C)cc3)c2)nn(-c2ccccc2)c1C(=O)OC. The maximum atomic E-state index is 12.9. The van der Waals surface area contributed by atoms with Crippen LogP contribution < -0.4 is 4.74 Å². The van der Waals surface area contributed by atoms with Crippen LogP contribution >= 0.6 is 11.8 Å². The molecule has 4 rings (SSSR count). The largest absolute Gasteiger partial charge is 0.496 e. The van der Waals surface area contributed by atoms with Gasteiger partial charge in [-0.25, -0.2) is 14.3 Å². The number of methoxy groups -OCH3 is 3. The maximum absolute atomic E-state index is 12.9. The normalized spacial score (nSPS) is 10.7. The van der Waals surface area contributed by atoms with Crippen LogP contribution in [0.1, 0.15) is 32.0 Å². The van der Waals surface area contributed by atoms with E-state index in [-0.39, 0.29) is 11.3 Å². The first-order chi connectivity index (χ1) is 17.5. The minimum absolute atomic E-state index is 0.00283. The summed E-state index contributed by atoms with van der Waals surface area (Å²) in [5.41, 5.74) is 3.73. The number of para-hydroxylation sites is 1. The van der Waals surface area contributed by atoms with Crippen molar-refractivity contribution >= 4 is 23.7 Å². The van der Waals surface area contributed by atoms with E-state index in [2.05, 4.69) is 36.3 Å². The summed E-state index contributed by atoms with van der Waals surface area (Å²) in [6.45, 7) is 2.05. The summed E-state index contributed by atoms with van der Waals surface area (Å²) in [4.78, 5) is 26.9. The molecule has 0 atom stereocenters. The Morgan fingerprint density at radius 1 is 0.889 bits per heavy atom. The van der Waals surface area contributed by atoms with Crippen molar-refractivity contribution in [2.75, 3.05) is 21.3 Å². The van der Waals surface area contributed by atoms with Gasteiger partial charge >= 0.3 is 11.9 Å². The fraction of sp³-hybridized carbons (Fsp3) is 0.179. The Morgan fingerprint density at radius 2 is 1.58 bits per heavy atom. The van der Waals surface area contributed by atoms with E-state index >= 15 is 0 Å². The third kappa shape index (κ3) is 5.13. The van der Waals surface area contributed by atoms with Crippen LogP contribution in [-0.4, -0.2) is 43.0 Å². The van der Waals surface area contributed by atoms with Crippen LogP contribution in [0.25, 0.3) is 16.9 Å². The van der Waals surface area contributed by atoms with Crippen LogP contribution in [0.3, 0.4) is 0 Å². The van der Waals surface area contributed by atoms with E-state index in [1.54, 1.807) is 31.0 Å². The molecule has 0 fully saturated rings. The predicted octanol–water partition coefficient (Wildman–Crippen LogP) is 5.72. The molecule has 0 bridgehead atoms. The summed E-state index contributed by atoms with van der Waals surface area (Å²) < 4.78 is 17.1. The second-order valence-electron chi connectivity index (χ2n) is 7.93. The molecule has 0 saturated carbocycles. The van der Waals surface area contributed by atoms with Gasteiger partial charge in [-0.05, 0) is 49.4 Å². The van der Waals surface area contributed by atoms with Crippen molar-refractivity contribution < 1.29 is 23.8 Å². The van der Waals surface area contributed by atoms with Crippen molar-refractivity contribution in [3.8, 4) is 22.7 Å². The Balaban J connectivity index is 1.84. The van der Waals surface area contributed by atoms with Gasteiger partial charge in [0.2, 0.25) is 0 Å². The molecule has 0 aliphatic rings. The molecular weight excluding hydrogens is 476 g/mol. The van der Waals surface area contributed by atoms with E-state index in [9.17, 15) is 9.59 Å². The van der Waals surface area contributed by atoms with Crippen LogP contribution in [-0.2, 0) is 15.2 Å². The molecule has 0 aliphatic carbocycles. The van der Waals surface area contributed by atoms with Crippen LogP contribution in [0.15, 0.2) is 77.7 Å². The van der Waals surface area contributed by atoms with Gasteiger partial charge in [-0.3, -0.25) is 0 Å². The van der Waals surface area contributed by atoms with Gasteiger partial charge in [-0.2, -0.15) is 5.10 Å². The van der Waals surface area contributed by atoms with E-state index in [4.69, 9.17) is 14.2 Å². The highest BCUT2D eigenvalue weighted by molar-refractivity contribution is 7.98. The van der Waals surface area contributed by atoms with Crippen molar-refractivity contribution in [1.29, 1.82) is 0 Å². The van der Waals surface area contributed by atoms with Gasteiger partial charge in [0.05, 0.1) is 27.0 Å². The van der Waals surface area contributed by atoms with E-state index < -0.39 is 11.9 Å². The van der Waals surface area contributed by atoms with Crippen LogP contribution in [0.5, 0.6) is 5.75 Å². The Kier molecular flexibility index (Phi) is 7.75. The second-order valence-corrected chi connectivity index (χ2v) is 8.98. The quantitative estimate of drug-likeness (QED) is 0.225. The lowest BCUT2D eigenvalue weighted by molar-refractivity contribution is 0.0549. The van der Waals surface area contributed by atoms with Gasteiger partial charge in [-0.15, -0.1) is 11.8 Å². The van der Waals surface area contributed by atoms with Gasteiger partial charge < -0.3 is 14.2 Å². The molecule has 0 aliphatic heterocycles. The number of aromatic nitrogens is 2. The second kappa shape index (κ2) is 11.1. The average molecular weight is 503 g/mol. The zero-order valence-electron chi connectivity index (χ0n) is 20.5. The predicted molar refractivity (Wildman–Crippen MR) is 139 cm³/mol. The number of ether oxygens (including phenoxy) is 3. The molecule has 0 saturated heterocycles. The molecule has 3 aromatic carbocycles. The number of esters is 2. The molecule has 0 unspecified atom stereocenters. The first kappa shape index (κ1) is 25.1. The van der Waals surface area contributed by atoms with Crippen LogP contribution in [0, 0.1) is 6.92 Å². The van der Waals surface area contributed by atoms with Crippen molar-refractivity contribution in [2.45, 2.75) is 17.6 Å². The smallest absolute Gasteiger partial charge is 0.357 e. The molecule has 1 heterocycles. The molecule has 7 nitrogen and oxygen atoms in total. The third-order valence-electron chi connectivity index (χ3n) is 5.62. The van der Waals surface area contributed by atoms with E-state index in [0.29, 0.717) is 28.4 Å². The Labute approximate surface area is 214 Å². The lowest BCUT2D eigenvalue weighted by Gasteiger charge is -2.11. The number of hydrogen-bond donors (Lipinski definition) is 0. The number of nitrogens with zero attached hydrogens (tertiary/aromatic N) is 2. The highest BCUT2D eigenvalue weighted by Crippen LogP contribution is 2.34. The summed E-state index contributed by atoms with van der Waals surface area (Å²) in [6, 6.07) is 23.0. The van der Waals surface area contributed by atoms with Gasteiger partial charge in [0, 0.05) is 21.8 Å². The monoisotopic (exact) mass is 502 g/mol. The number of thioether (sulfide) groups is 1. The van der Waals surface area contributed by atoms with E-state index in [1.807, 2.05) is 36.4 Å². The zero-order chi connectivity index (χ0) is 25.7. The molecule has 184 valence electrons. The minimum Gasteiger partial charge on any atom is -0.496 e. The molecule has 0 amide bonds. The number of rotatable bonds is 8. The highest BCUT2D eigenvalue weighted by Gasteiger charge is 2.31. The van der Waals surface area contributed by atoms with E-state index in [0.717, 1.165) is 10.5 Å². The first-order valence-corrected chi connectivity index (χ1v) is 12.2. The first-order valence-electron chi connectivity index (χ1n) is 11.2. The van der Waals surface area contributed by atoms with Crippen molar-refractivity contribution in [3.05, 3.63) is 95.2 Å². The molecule has 4 aromatic rings. The highest BCUT2D eigenvalue weighted by atomic mass is 32.2. The summed E-state index contributed by atoms with van der Waals surface area (Å²) in [5.74, 6) is -0.0223. The Morgan fingerprint density at radius 3 is 2.22 bits per heavy atom. The summed E-state index contributed by atoms with van der Waals surface area (Å²) in [6.07, 6.45) is 0. The van der Waals surface area contributed by atoms with Crippen LogP contribution in [0.4, 0.5) is 0 Å². The van der Waals surface area contributed by atoms with Gasteiger partial charge in [0.1, 0.15) is 17.0 Å². The lowest BCUT2D eigenvalue weighted by Crippen LogP contribution is -2.15.